The summed E-state index contributed by atoms with van der Waals surface area (Å²) in [5.41, 5.74) is 2.11. The molecule has 1 atom stereocenters. The highest BCUT2D eigenvalue weighted by Gasteiger charge is 2.29. The first kappa shape index (κ1) is 22.6. The van der Waals surface area contributed by atoms with Crippen LogP contribution in [0.4, 0.5) is 11.4 Å². The molecule has 0 aromatic heterocycles. The smallest absolute Gasteiger partial charge is 0.337 e. The number of hydrogen-bond acceptors (Lipinski definition) is 7. The lowest BCUT2D eigenvalue weighted by Crippen LogP contribution is -2.51. The topological polar surface area (TPSA) is 117 Å². The molecule has 1 heterocycles. The number of nitro groups is 1. The summed E-state index contributed by atoms with van der Waals surface area (Å²) in [6.45, 7) is 6.65. The minimum Gasteiger partial charge on any atom is -0.462 e. The number of aliphatic hydroxyl groups is 1. The fourth-order valence-electron chi connectivity index (χ4n) is 3.24. The SMILES string of the molecule is CCN(CC)c1ccc(CCOC(=O)C2=C(C)NC(=S)NC2CO)cc1[N+](=O)[O-]. The first-order valence-corrected chi connectivity index (χ1v) is 9.81. The second-order valence-electron chi connectivity index (χ2n) is 6.51. The first-order valence-electron chi connectivity index (χ1n) is 9.40. The van der Waals surface area contributed by atoms with Gasteiger partial charge in [0.25, 0.3) is 5.69 Å². The zero-order valence-electron chi connectivity index (χ0n) is 16.7. The number of carbonyl (C=O) groups is 1. The number of nitrogens with one attached hydrogen (secondary N) is 2. The average Bonchev–Trinajstić information content (AvgIpc) is 2.68. The Balaban J connectivity index is 2.07. The maximum absolute atomic E-state index is 12.4. The molecule has 0 spiro atoms. The third kappa shape index (κ3) is 5.42. The minimum absolute atomic E-state index is 0.0330. The molecule has 0 amide bonds. The van der Waals surface area contributed by atoms with Crippen molar-refractivity contribution >= 4 is 34.7 Å². The minimum atomic E-state index is -0.634. The molecule has 9 nitrogen and oxygen atoms in total. The van der Waals surface area contributed by atoms with Gasteiger partial charge in [0.05, 0.1) is 29.8 Å². The molecule has 0 radical (unpaired) electrons. The molecule has 2 rings (SSSR count). The molecule has 3 N–H and O–H groups in total. The number of esters is 1. The van der Waals surface area contributed by atoms with Crippen LogP contribution in [0.15, 0.2) is 29.5 Å². The highest BCUT2D eigenvalue weighted by atomic mass is 32.1. The summed E-state index contributed by atoms with van der Waals surface area (Å²) in [5.74, 6) is -0.571. The van der Waals surface area contributed by atoms with E-state index in [0.29, 0.717) is 41.6 Å². The Bertz CT molecular complexity index is 823. The van der Waals surface area contributed by atoms with E-state index in [1.807, 2.05) is 18.7 Å². The van der Waals surface area contributed by atoms with E-state index in [0.717, 1.165) is 0 Å². The number of thiocarbonyl (C=S) groups is 1. The van der Waals surface area contributed by atoms with Crippen molar-refractivity contribution < 1.29 is 19.6 Å². The second-order valence-corrected chi connectivity index (χ2v) is 6.92. The molecule has 29 heavy (non-hydrogen) atoms. The molecule has 10 heteroatoms. The van der Waals surface area contributed by atoms with Crippen LogP contribution < -0.4 is 15.5 Å². The van der Waals surface area contributed by atoms with Gasteiger partial charge in [-0.15, -0.1) is 0 Å². The maximum Gasteiger partial charge on any atom is 0.337 e. The lowest BCUT2D eigenvalue weighted by atomic mass is 10.0. The van der Waals surface area contributed by atoms with Crippen molar-refractivity contribution in [1.82, 2.24) is 10.6 Å². The van der Waals surface area contributed by atoms with Crippen molar-refractivity contribution in [1.29, 1.82) is 0 Å². The third-order valence-corrected chi connectivity index (χ3v) is 4.95. The van der Waals surface area contributed by atoms with E-state index in [2.05, 4.69) is 10.6 Å². The van der Waals surface area contributed by atoms with E-state index in [1.54, 1.807) is 19.1 Å². The molecule has 1 aromatic carbocycles. The van der Waals surface area contributed by atoms with E-state index in [1.165, 1.54) is 6.07 Å². The van der Waals surface area contributed by atoms with Crippen molar-refractivity contribution in [3.63, 3.8) is 0 Å². The normalized spacial score (nSPS) is 16.1. The van der Waals surface area contributed by atoms with Crippen LogP contribution in [0.2, 0.25) is 0 Å². The zero-order chi connectivity index (χ0) is 21.6. The van der Waals surface area contributed by atoms with Crippen molar-refractivity contribution in [3.05, 3.63) is 45.1 Å². The molecule has 0 fully saturated rings. The Morgan fingerprint density at radius 2 is 2.07 bits per heavy atom. The Morgan fingerprint density at radius 1 is 1.38 bits per heavy atom. The van der Waals surface area contributed by atoms with Gasteiger partial charge >= 0.3 is 5.97 Å². The molecule has 0 aliphatic carbocycles. The summed E-state index contributed by atoms with van der Waals surface area (Å²) in [7, 11) is 0. The highest BCUT2D eigenvalue weighted by molar-refractivity contribution is 7.80. The largest absolute Gasteiger partial charge is 0.462 e. The predicted molar refractivity (Wildman–Crippen MR) is 114 cm³/mol. The summed E-state index contributed by atoms with van der Waals surface area (Å²) in [5, 5.41) is 26.9. The van der Waals surface area contributed by atoms with Gasteiger partial charge in [0.2, 0.25) is 0 Å². The number of nitrogens with zero attached hydrogens (tertiary/aromatic N) is 2. The van der Waals surface area contributed by atoms with Gasteiger partial charge in [-0.3, -0.25) is 10.1 Å². The summed E-state index contributed by atoms with van der Waals surface area (Å²) in [6.07, 6.45) is 0.334. The van der Waals surface area contributed by atoms with Gasteiger partial charge in [-0.2, -0.15) is 0 Å². The van der Waals surface area contributed by atoms with Crippen LogP contribution in [-0.2, 0) is 16.0 Å². The number of ether oxygens (including phenoxy) is 1. The van der Waals surface area contributed by atoms with Crippen LogP contribution in [0.5, 0.6) is 0 Å². The molecular weight excluding hydrogens is 396 g/mol. The van der Waals surface area contributed by atoms with E-state index in [9.17, 15) is 20.0 Å². The molecule has 1 unspecified atom stereocenters. The van der Waals surface area contributed by atoms with Gasteiger partial charge in [0.15, 0.2) is 5.11 Å². The van der Waals surface area contributed by atoms with Gasteiger partial charge in [0.1, 0.15) is 5.69 Å². The van der Waals surface area contributed by atoms with Crippen LogP contribution in [0.3, 0.4) is 0 Å². The van der Waals surface area contributed by atoms with E-state index in [-0.39, 0.29) is 24.5 Å². The molecule has 1 aliphatic rings. The Morgan fingerprint density at radius 3 is 2.66 bits per heavy atom. The number of carbonyl (C=O) groups excluding carboxylic acids is 1. The quantitative estimate of drug-likeness (QED) is 0.236. The molecule has 1 aromatic rings. The first-order chi connectivity index (χ1) is 13.8. The van der Waals surface area contributed by atoms with E-state index in [4.69, 9.17) is 17.0 Å². The fourth-order valence-corrected chi connectivity index (χ4v) is 3.53. The standard InChI is InChI=1S/C19H26N4O5S/c1-4-22(5-2)15-7-6-13(10-16(15)23(26)27)8-9-28-18(25)17-12(3)20-19(29)21-14(17)11-24/h6-7,10,14,24H,4-5,8-9,11H2,1-3H3,(H2,20,21,29). The lowest BCUT2D eigenvalue weighted by Gasteiger charge is -2.28. The van der Waals surface area contributed by atoms with E-state index < -0.39 is 16.9 Å². The summed E-state index contributed by atoms with van der Waals surface area (Å²) >= 11 is 5.02. The molecule has 158 valence electrons. The molecule has 0 saturated heterocycles. The maximum atomic E-state index is 12.4. The zero-order valence-corrected chi connectivity index (χ0v) is 17.5. The van der Waals surface area contributed by atoms with Gasteiger partial charge < -0.3 is 25.4 Å². The number of benzene rings is 1. The Kier molecular flexibility index (Phi) is 7.91. The van der Waals surface area contributed by atoms with Gasteiger partial charge in [-0.05, 0) is 44.6 Å². The molecule has 0 bridgehead atoms. The number of nitro benzene ring substituents is 1. The fraction of sp³-hybridized carbons (Fsp3) is 0.474. The van der Waals surface area contributed by atoms with Crippen molar-refractivity contribution in [2.45, 2.75) is 33.2 Å². The van der Waals surface area contributed by atoms with Crippen LogP contribution in [-0.4, -0.2) is 53.5 Å². The van der Waals surface area contributed by atoms with Crippen LogP contribution in [0.25, 0.3) is 0 Å². The average molecular weight is 423 g/mol. The van der Waals surface area contributed by atoms with Gasteiger partial charge in [-0.1, -0.05) is 6.07 Å². The summed E-state index contributed by atoms with van der Waals surface area (Å²) in [4.78, 5) is 25.4. The number of allylic oxidation sites excluding steroid dienone is 1. The number of aliphatic hydroxyl groups excluding tert-OH is 1. The third-order valence-electron chi connectivity index (χ3n) is 4.73. The highest BCUT2D eigenvalue weighted by Crippen LogP contribution is 2.29. The second kappa shape index (κ2) is 10.2. The van der Waals surface area contributed by atoms with Crippen LogP contribution in [0, 0.1) is 10.1 Å². The van der Waals surface area contributed by atoms with Crippen molar-refractivity contribution in [2.24, 2.45) is 0 Å². The van der Waals surface area contributed by atoms with Gasteiger partial charge in [0, 0.05) is 31.3 Å². The molecular formula is C19H26N4O5S. The predicted octanol–water partition coefficient (Wildman–Crippen LogP) is 1.64. The number of anilines is 1. The van der Waals surface area contributed by atoms with Crippen LogP contribution >= 0.6 is 12.2 Å². The Labute approximate surface area is 174 Å². The monoisotopic (exact) mass is 422 g/mol. The van der Waals surface area contributed by atoms with Gasteiger partial charge in [-0.25, -0.2) is 4.79 Å². The molecule has 1 aliphatic heterocycles. The van der Waals surface area contributed by atoms with Crippen molar-refractivity contribution in [2.75, 3.05) is 31.2 Å². The summed E-state index contributed by atoms with van der Waals surface area (Å²) < 4.78 is 5.33. The Hall–Kier alpha value is -2.72. The summed E-state index contributed by atoms with van der Waals surface area (Å²) in [6, 6.07) is 4.42. The van der Waals surface area contributed by atoms with Crippen molar-refractivity contribution in [3.8, 4) is 0 Å². The number of rotatable bonds is 9. The molecule has 0 saturated carbocycles. The van der Waals surface area contributed by atoms with E-state index >= 15 is 0 Å². The van der Waals surface area contributed by atoms with Crippen LogP contribution in [0.1, 0.15) is 26.3 Å². The number of hydrogen-bond donors (Lipinski definition) is 3. The lowest BCUT2D eigenvalue weighted by molar-refractivity contribution is -0.384.